The molecule has 4 bridgehead atoms. The summed E-state index contributed by atoms with van der Waals surface area (Å²) >= 11 is -0.306. The number of hydrogen-bond donors (Lipinski definition) is 2. The van der Waals surface area contributed by atoms with Crippen molar-refractivity contribution < 1.29 is 38.0 Å². The summed E-state index contributed by atoms with van der Waals surface area (Å²) in [5, 5.41) is 18.6. The highest BCUT2D eigenvalue weighted by Gasteiger charge is 2.63. The van der Waals surface area contributed by atoms with Crippen molar-refractivity contribution in [3.05, 3.63) is 0 Å². The Labute approximate surface area is 137 Å². The largest absolute Gasteiger partial charge is 0.390 e. The first-order valence-electron chi connectivity index (χ1n) is 7.63. The fraction of sp³-hybridized carbons (Fsp3) is 1.00. The maximum Gasteiger partial charge on any atom is 0.343 e. The average Bonchev–Trinajstić information content (AvgIpc) is 2.42. The van der Waals surface area contributed by atoms with E-state index in [0.29, 0.717) is 18.8 Å². The van der Waals surface area contributed by atoms with Gasteiger partial charge in [-0.15, -0.1) is 4.33 Å². The molecular formula is C14H22F2O6S. The van der Waals surface area contributed by atoms with Crippen molar-refractivity contribution in [1.29, 1.82) is 0 Å². The van der Waals surface area contributed by atoms with Crippen molar-refractivity contribution in [2.75, 3.05) is 20.3 Å². The summed E-state index contributed by atoms with van der Waals surface area (Å²) in [6.07, 6.45) is 4.45. The van der Waals surface area contributed by atoms with Crippen LogP contribution < -0.4 is 0 Å². The second-order valence-corrected chi connectivity index (χ2v) is 8.38. The molecular weight excluding hydrogens is 334 g/mol. The third kappa shape index (κ3) is 3.65. The van der Waals surface area contributed by atoms with E-state index in [-0.39, 0.29) is 29.7 Å². The van der Waals surface area contributed by atoms with E-state index in [4.69, 9.17) is 14.7 Å². The summed E-state index contributed by atoms with van der Waals surface area (Å²) < 4.78 is 41.6. The lowest BCUT2D eigenvalue weighted by Gasteiger charge is -2.64. The molecule has 4 unspecified atom stereocenters. The van der Waals surface area contributed by atoms with Gasteiger partial charge in [-0.2, -0.15) is 8.78 Å². The van der Waals surface area contributed by atoms with Crippen molar-refractivity contribution in [2.24, 2.45) is 11.3 Å². The van der Waals surface area contributed by atoms with E-state index in [9.17, 15) is 13.9 Å². The molecule has 2 N–H and O–H groups in total. The van der Waals surface area contributed by atoms with Crippen molar-refractivity contribution in [3.8, 4) is 0 Å². The van der Waals surface area contributed by atoms with Gasteiger partial charge in [0.05, 0.1) is 17.8 Å². The molecule has 134 valence electrons. The lowest BCUT2D eigenvalue weighted by atomic mass is 9.46. The zero-order valence-corrected chi connectivity index (χ0v) is 13.7. The number of alkyl halides is 2. The van der Waals surface area contributed by atoms with Gasteiger partial charge in [0.15, 0.2) is 0 Å². The van der Waals surface area contributed by atoms with Crippen LogP contribution in [0, 0.1) is 11.3 Å². The molecule has 9 heteroatoms. The van der Waals surface area contributed by atoms with E-state index in [1.54, 1.807) is 7.11 Å². The van der Waals surface area contributed by atoms with E-state index < -0.39 is 17.5 Å². The van der Waals surface area contributed by atoms with Crippen LogP contribution in [0.1, 0.15) is 38.5 Å². The van der Waals surface area contributed by atoms with Crippen LogP contribution in [0.15, 0.2) is 0 Å². The molecule has 0 aromatic rings. The molecule has 4 atom stereocenters. The molecule has 0 spiro atoms. The lowest BCUT2D eigenvalue weighted by molar-refractivity contribution is -0.433. The van der Waals surface area contributed by atoms with Crippen LogP contribution >= 0.6 is 12.0 Å². The number of halogens is 2. The summed E-state index contributed by atoms with van der Waals surface area (Å²) in [5.74, 6) is 0.348. The molecule has 0 aromatic heterocycles. The highest BCUT2D eigenvalue weighted by atomic mass is 32.2. The molecule has 0 amide bonds. The first-order valence-corrected chi connectivity index (χ1v) is 8.37. The van der Waals surface area contributed by atoms with E-state index in [0.717, 1.165) is 25.7 Å². The molecule has 6 nitrogen and oxygen atoms in total. The molecule has 23 heavy (non-hydrogen) atoms. The quantitative estimate of drug-likeness (QED) is 0.393. The Balaban J connectivity index is 1.61. The van der Waals surface area contributed by atoms with Gasteiger partial charge < -0.3 is 14.6 Å². The summed E-state index contributed by atoms with van der Waals surface area (Å²) in [6, 6.07) is 0. The van der Waals surface area contributed by atoms with Gasteiger partial charge in [-0.05, 0) is 43.4 Å². The van der Waals surface area contributed by atoms with Crippen molar-refractivity contribution in [1.82, 2.24) is 0 Å². The highest BCUT2D eigenvalue weighted by Crippen LogP contribution is 2.64. The zero-order chi connectivity index (χ0) is 16.8. The van der Waals surface area contributed by atoms with E-state index >= 15 is 0 Å². The van der Waals surface area contributed by atoms with Crippen LogP contribution in [0.25, 0.3) is 0 Å². The second-order valence-electron chi connectivity index (χ2n) is 7.48. The predicted molar refractivity (Wildman–Crippen MR) is 76.5 cm³/mol. The van der Waals surface area contributed by atoms with Gasteiger partial charge in [-0.1, -0.05) is 5.04 Å². The van der Waals surface area contributed by atoms with Crippen LogP contribution in [0.5, 0.6) is 0 Å². The maximum absolute atomic E-state index is 13.4. The fourth-order valence-electron chi connectivity index (χ4n) is 5.36. The number of rotatable bonds is 8. The Kier molecular flexibility index (Phi) is 4.68. The maximum atomic E-state index is 13.4. The fourth-order valence-corrected chi connectivity index (χ4v) is 5.62. The lowest BCUT2D eigenvalue weighted by Crippen LogP contribution is -2.64. The van der Waals surface area contributed by atoms with Gasteiger partial charge >= 0.3 is 5.25 Å². The Hall–Kier alpha value is -0.0300. The first kappa shape index (κ1) is 17.8. The topological polar surface area (TPSA) is 77.4 Å². The Morgan fingerprint density at radius 3 is 2.65 bits per heavy atom. The van der Waals surface area contributed by atoms with Crippen LogP contribution in [0.3, 0.4) is 0 Å². The van der Waals surface area contributed by atoms with Crippen LogP contribution in [0.4, 0.5) is 8.78 Å². The summed E-state index contributed by atoms with van der Waals surface area (Å²) in [6.45, 7) is -0.709. The molecule has 0 aliphatic heterocycles. The van der Waals surface area contributed by atoms with E-state index in [1.807, 2.05) is 0 Å². The minimum Gasteiger partial charge on any atom is -0.390 e. The molecule has 4 fully saturated rings. The standard InChI is InChI=1S/C14H22F2O6S/c1-19-13-4-10-2-11(6-13,5-12(17,3-10)7-13)8-20-9-14(15,16)23-22-21-18/h10,17-18H,2-9H2,1H3. The minimum absolute atomic E-state index is 0.146. The van der Waals surface area contributed by atoms with Gasteiger partial charge in [0, 0.05) is 13.5 Å². The number of methoxy groups -OCH3 is 1. The zero-order valence-electron chi connectivity index (χ0n) is 12.9. The van der Waals surface area contributed by atoms with Crippen molar-refractivity contribution in [3.63, 3.8) is 0 Å². The molecule has 4 saturated carbocycles. The van der Waals surface area contributed by atoms with Gasteiger partial charge in [-0.3, -0.25) is 0 Å². The summed E-state index contributed by atoms with van der Waals surface area (Å²) in [5.41, 5.74) is -1.45. The Bertz CT molecular complexity index is 455. The summed E-state index contributed by atoms with van der Waals surface area (Å²) in [7, 11) is 1.65. The predicted octanol–water partition coefficient (Wildman–Crippen LogP) is 2.77. The third-order valence-electron chi connectivity index (χ3n) is 5.40. The van der Waals surface area contributed by atoms with Gasteiger partial charge in [-0.25, -0.2) is 5.26 Å². The Morgan fingerprint density at radius 1 is 1.22 bits per heavy atom. The van der Waals surface area contributed by atoms with Gasteiger partial charge in [0.2, 0.25) is 0 Å². The normalized spacial score (nSPS) is 42.4. The molecule has 4 rings (SSSR count). The third-order valence-corrected chi connectivity index (χ3v) is 5.89. The Morgan fingerprint density at radius 2 is 2.00 bits per heavy atom. The smallest absolute Gasteiger partial charge is 0.343 e. The van der Waals surface area contributed by atoms with Crippen LogP contribution in [-0.4, -0.2) is 47.1 Å². The summed E-state index contributed by atoms with van der Waals surface area (Å²) in [4.78, 5) is 0. The highest BCUT2D eigenvalue weighted by molar-refractivity contribution is 7.95. The van der Waals surface area contributed by atoms with Crippen LogP contribution in [-0.2, 0) is 18.8 Å². The molecule has 0 radical (unpaired) electrons. The molecule has 0 aromatic carbocycles. The molecule has 0 heterocycles. The monoisotopic (exact) mass is 356 g/mol. The van der Waals surface area contributed by atoms with Crippen molar-refractivity contribution in [2.45, 2.75) is 55.0 Å². The molecule has 4 aliphatic carbocycles. The second kappa shape index (κ2) is 6.05. The van der Waals surface area contributed by atoms with E-state index in [1.165, 1.54) is 0 Å². The molecule has 0 saturated heterocycles. The number of aliphatic hydroxyl groups is 1. The average molecular weight is 356 g/mol. The van der Waals surface area contributed by atoms with Crippen molar-refractivity contribution >= 4 is 12.0 Å². The molecule has 4 aliphatic rings. The SMILES string of the molecule is COC12CC3CC(O)(CC(COCC(F)(F)SOOO)(C3)C1)C2. The van der Waals surface area contributed by atoms with Crippen LogP contribution in [0.2, 0.25) is 0 Å². The number of ether oxygens (including phenoxy) is 2. The van der Waals surface area contributed by atoms with Gasteiger partial charge in [0.1, 0.15) is 18.6 Å². The number of hydrogen-bond acceptors (Lipinski definition) is 7. The first-order chi connectivity index (χ1) is 10.7. The van der Waals surface area contributed by atoms with E-state index in [2.05, 4.69) is 9.37 Å². The van der Waals surface area contributed by atoms with Gasteiger partial charge in [0.25, 0.3) is 0 Å². The minimum atomic E-state index is -3.33.